The van der Waals surface area contributed by atoms with Crippen LogP contribution in [0.5, 0.6) is 0 Å². The van der Waals surface area contributed by atoms with Gasteiger partial charge < -0.3 is 20.9 Å². The molecule has 32 heavy (non-hydrogen) atoms. The van der Waals surface area contributed by atoms with Crippen LogP contribution in [0.15, 0.2) is 39.8 Å². The van der Waals surface area contributed by atoms with Crippen molar-refractivity contribution in [2.24, 2.45) is 16.6 Å². The van der Waals surface area contributed by atoms with E-state index in [2.05, 4.69) is 58.8 Å². The first kappa shape index (κ1) is 23.8. The minimum atomic E-state index is -0.188. The van der Waals surface area contributed by atoms with Crippen LogP contribution in [0, 0.1) is 5.92 Å². The summed E-state index contributed by atoms with van der Waals surface area (Å²) in [6.07, 6.45) is 1.91. The van der Waals surface area contributed by atoms with Crippen molar-refractivity contribution in [1.82, 2.24) is 20.7 Å². The van der Waals surface area contributed by atoms with Crippen molar-refractivity contribution in [2.75, 3.05) is 19.6 Å². The lowest BCUT2D eigenvalue weighted by Crippen LogP contribution is -2.40. The molecule has 0 saturated carbocycles. The smallest absolute Gasteiger partial charge is 0.221 e. The maximum Gasteiger partial charge on any atom is 0.221 e. The van der Waals surface area contributed by atoms with Crippen LogP contribution in [0.2, 0.25) is 0 Å². The van der Waals surface area contributed by atoms with E-state index in [9.17, 15) is 4.79 Å². The van der Waals surface area contributed by atoms with E-state index >= 15 is 0 Å². The Kier molecular flexibility index (Phi) is 8.67. The van der Waals surface area contributed by atoms with Crippen LogP contribution in [0.4, 0.5) is 0 Å². The predicted octanol–water partition coefficient (Wildman–Crippen LogP) is 2.75. The largest absolute Gasteiger partial charge is 0.369 e. The molecule has 3 rings (SSSR count). The second kappa shape index (κ2) is 11.7. The van der Waals surface area contributed by atoms with E-state index in [0.29, 0.717) is 19.0 Å². The van der Waals surface area contributed by atoms with Crippen LogP contribution in [0.25, 0.3) is 0 Å². The molecule has 1 aliphatic heterocycles. The second-order valence-corrected chi connectivity index (χ2v) is 8.72. The normalized spacial score (nSPS) is 17.5. The molecule has 0 aliphatic carbocycles. The summed E-state index contributed by atoms with van der Waals surface area (Å²) in [4.78, 5) is 18.6. The standard InChI is InChI=1S/C24H36N6O2/c1-4-26-24(28-14-21-12-22(17(2)3)29-32-21)27-13-18-7-5-8-19(11-18)15-30-10-6-9-20(16-30)23(25)31/h5,7-8,11-12,17,20H,4,6,9-10,13-16H2,1-3H3,(H2,25,31)(H2,26,27,28). The number of guanidine groups is 1. The summed E-state index contributed by atoms with van der Waals surface area (Å²) in [7, 11) is 0. The summed E-state index contributed by atoms with van der Waals surface area (Å²) in [5.41, 5.74) is 8.84. The van der Waals surface area contributed by atoms with Gasteiger partial charge in [0.15, 0.2) is 11.7 Å². The highest BCUT2D eigenvalue weighted by atomic mass is 16.5. The summed E-state index contributed by atoms with van der Waals surface area (Å²) >= 11 is 0. The number of primary amides is 1. The zero-order valence-corrected chi connectivity index (χ0v) is 19.4. The number of piperidine rings is 1. The Labute approximate surface area is 190 Å². The Morgan fingerprint density at radius 3 is 2.84 bits per heavy atom. The fraction of sp³-hybridized carbons (Fsp3) is 0.542. The first-order valence-corrected chi connectivity index (χ1v) is 11.5. The number of carbonyl (C=O) groups is 1. The zero-order valence-electron chi connectivity index (χ0n) is 19.4. The van der Waals surface area contributed by atoms with Gasteiger partial charge in [-0.15, -0.1) is 0 Å². The van der Waals surface area contributed by atoms with Gasteiger partial charge in [-0.2, -0.15) is 0 Å². The number of nitrogens with zero attached hydrogens (tertiary/aromatic N) is 3. The van der Waals surface area contributed by atoms with Crippen LogP contribution in [-0.4, -0.2) is 41.6 Å². The molecular weight excluding hydrogens is 404 g/mol. The number of aromatic nitrogens is 1. The first-order chi connectivity index (χ1) is 15.4. The minimum absolute atomic E-state index is 0.0359. The van der Waals surface area contributed by atoms with Crippen LogP contribution in [0.1, 0.15) is 62.1 Å². The molecule has 1 unspecified atom stereocenters. The molecule has 1 atom stereocenters. The van der Waals surface area contributed by atoms with Crippen molar-refractivity contribution >= 4 is 11.9 Å². The van der Waals surface area contributed by atoms with Gasteiger partial charge in [-0.05, 0) is 43.4 Å². The lowest BCUT2D eigenvalue weighted by molar-refractivity contribution is -0.123. The lowest BCUT2D eigenvalue weighted by Gasteiger charge is -2.31. The quantitative estimate of drug-likeness (QED) is 0.409. The second-order valence-electron chi connectivity index (χ2n) is 8.72. The summed E-state index contributed by atoms with van der Waals surface area (Å²) in [5, 5.41) is 10.7. The van der Waals surface area contributed by atoms with E-state index in [1.165, 1.54) is 5.56 Å². The summed E-state index contributed by atoms with van der Waals surface area (Å²) in [5.74, 6) is 1.64. The highest BCUT2D eigenvalue weighted by molar-refractivity contribution is 5.79. The van der Waals surface area contributed by atoms with Gasteiger partial charge in [0.05, 0.1) is 24.7 Å². The van der Waals surface area contributed by atoms with Crippen LogP contribution >= 0.6 is 0 Å². The van der Waals surface area contributed by atoms with Gasteiger partial charge in [0.25, 0.3) is 0 Å². The lowest BCUT2D eigenvalue weighted by atomic mass is 9.97. The Hall–Kier alpha value is -2.87. The van der Waals surface area contributed by atoms with Crippen molar-refractivity contribution in [2.45, 2.75) is 59.2 Å². The topological polar surface area (TPSA) is 109 Å². The third kappa shape index (κ3) is 7.09. The molecule has 1 saturated heterocycles. The fourth-order valence-electron chi connectivity index (χ4n) is 3.88. The van der Waals surface area contributed by atoms with Crippen molar-refractivity contribution in [1.29, 1.82) is 0 Å². The Bertz CT molecular complexity index is 907. The molecule has 1 amide bonds. The molecule has 8 nitrogen and oxygen atoms in total. The molecule has 174 valence electrons. The maximum atomic E-state index is 11.5. The maximum absolute atomic E-state index is 11.5. The van der Waals surface area contributed by atoms with E-state index < -0.39 is 0 Å². The number of nitrogens with one attached hydrogen (secondary N) is 2. The number of benzene rings is 1. The molecule has 0 radical (unpaired) electrons. The summed E-state index contributed by atoms with van der Waals surface area (Å²) < 4.78 is 5.40. The molecule has 0 spiro atoms. The van der Waals surface area contributed by atoms with E-state index in [0.717, 1.165) is 62.0 Å². The number of aliphatic imine (C=N–C) groups is 1. The SMILES string of the molecule is CCNC(=NCc1cccc(CN2CCCC(C(N)=O)C2)c1)NCc1cc(C(C)C)no1. The number of rotatable bonds is 9. The molecule has 1 aromatic carbocycles. The molecule has 2 heterocycles. The molecular formula is C24H36N6O2. The fourth-order valence-corrected chi connectivity index (χ4v) is 3.88. The van der Waals surface area contributed by atoms with Gasteiger partial charge in [-0.3, -0.25) is 9.69 Å². The van der Waals surface area contributed by atoms with E-state index in [1.54, 1.807) is 0 Å². The number of hydrogen-bond acceptors (Lipinski definition) is 5. The highest BCUT2D eigenvalue weighted by Gasteiger charge is 2.23. The van der Waals surface area contributed by atoms with Gasteiger partial charge in [-0.25, -0.2) is 4.99 Å². The molecule has 0 bridgehead atoms. The first-order valence-electron chi connectivity index (χ1n) is 11.5. The molecule has 1 aliphatic rings. The number of amides is 1. The van der Waals surface area contributed by atoms with Crippen molar-refractivity contribution in [3.8, 4) is 0 Å². The van der Waals surface area contributed by atoms with E-state index in [4.69, 9.17) is 15.2 Å². The number of hydrogen-bond donors (Lipinski definition) is 3. The zero-order chi connectivity index (χ0) is 22.9. The Morgan fingerprint density at radius 2 is 2.12 bits per heavy atom. The average Bonchev–Trinajstić information content (AvgIpc) is 3.26. The Balaban J connectivity index is 1.57. The molecule has 1 fully saturated rings. The third-order valence-electron chi connectivity index (χ3n) is 5.67. The molecule has 1 aromatic heterocycles. The molecule has 2 aromatic rings. The van der Waals surface area contributed by atoms with Gasteiger partial charge in [-0.1, -0.05) is 43.3 Å². The molecule has 4 N–H and O–H groups in total. The van der Waals surface area contributed by atoms with Gasteiger partial charge in [0.2, 0.25) is 5.91 Å². The third-order valence-corrected chi connectivity index (χ3v) is 5.67. The van der Waals surface area contributed by atoms with Crippen molar-refractivity contribution < 1.29 is 9.32 Å². The average molecular weight is 441 g/mol. The van der Waals surface area contributed by atoms with Crippen LogP contribution < -0.4 is 16.4 Å². The predicted molar refractivity (Wildman–Crippen MR) is 126 cm³/mol. The Morgan fingerprint density at radius 1 is 1.31 bits per heavy atom. The monoisotopic (exact) mass is 440 g/mol. The molecule has 8 heteroatoms. The van der Waals surface area contributed by atoms with Crippen molar-refractivity contribution in [3.63, 3.8) is 0 Å². The van der Waals surface area contributed by atoms with Crippen molar-refractivity contribution in [3.05, 3.63) is 52.9 Å². The summed E-state index contributed by atoms with van der Waals surface area (Å²) in [6, 6.07) is 10.4. The van der Waals surface area contributed by atoms with Gasteiger partial charge in [0.1, 0.15) is 0 Å². The number of nitrogens with two attached hydrogens (primary N) is 1. The highest BCUT2D eigenvalue weighted by Crippen LogP contribution is 2.19. The number of likely N-dealkylation sites (tertiary alicyclic amines) is 1. The van der Waals surface area contributed by atoms with Gasteiger partial charge >= 0.3 is 0 Å². The van der Waals surface area contributed by atoms with E-state index in [-0.39, 0.29) is 11.8 Å². The van der Waals surface area contributed by atoms with E-state index in [1.807, 2.05) is 13.0 Å². The van der Waals surface area contributed by atoms with Crippen LogP contribution in [0.3, 0.4) is 0 Å². The summed E-state index contributed by atoms with van der Waals surface area (Å²) in [6.45, 7) is 10.7. The van der Waals surface area contributed by atoms with Crippen LogP contribution in [-0.2, 0) is 24.4 Å². The minimum Gasteiger partial charge on any atom is -0.369 e. The van der Waals surface area contributed by atoms with Gasteiger partial charge in [0, 0.05) is 25.7 Å². The number of carbonyl (C=O) groups excluding carboxylic acids is 1.